The van der Waals surface area contributed by atoms with Gasteiger partial charge in [0.2, 0.25) is 0 Å². The van der Waals surface area contributed by atoms with Crippen LogP contribution in [0.1, 0.15) is 74.5 Å². The van der Waals surface area contributed by atoms with Gasteiger partial charge in [-0.2, -0.15) is 0 Å². The number of tetrazole rings is 1. The molecule has 0 saturated carbocycles. The van der Waals surface area contributed by atoms with Crippen molar-refractivity contribution in [2.45, 2.75) is 60.0 Å². The SMILES string of the molecule is CC.CCn1nnnc1C(C)NC(=O)c1cc(C(=O)NCc2ccccc2)c2n1CCOC2.[HH].[HH]. The number of aryl methyl sites for hydroxylation is 1. The number of fused-ring (bicyclic) bond motifs is 1. The van der Waals surface area contributed by atoms with Crippen molar-refractivity contribution in [1.82, 2.24) is 35.4 Å². The first kappa shape index (κ1) is 24.1. The predicted octanol–water partition coefficient (Wildman–Crippen LogP) is 2.96. The molecule has 3 heterocycles. The summed E-state index contributed by atoms with van der Waals surface area (Å²) in [7, 11) is 0. The molecular formula is C23H35N7O3. The van der Waals surface area contributed by atoms with Gasteiger partial charge in [-0.05, 0) is 35.9 Å². The number of ether oxygens (including phenoxy) is 1. The van der Waals surface area contributed by atoms with Crippen LogP contribution in [0.2, 0.25) is 0 Å². The van der Waals surface area contributed by atoms with Crippen LogP contribution in [-0.4, -0.2) is 43.2 Å². The summed E-state index contributed by atoms with van der Waals surface area (Å²) < 4.78 is 9.04. The fourth-order valence-corrected chi connectivity index (χ4v) is 3.66. The van der Waals surface area contributed by atoms with E-state index in [2.05, 4.69) is 26.2 Å². The minimum Gasteiger partial charge on any atom is -0.373 e. The second-order valence-electron chi connectivity index (χ2n) is 7.31. The number of nitrogens with one attached hydrogen (secondary N) is 2. The van der Waals surface area contributed by atoms with Gasteiger partial charge in [0.05, 0.1) is 30.5 Å². The molecular weight excluding hydrogens is 422 g/mol. The first-order valence-corrected chi connectivity index (χ1v) is 11.3. The molecule has 180 valence electrons. The highest BCUT2D eigenvalue weighted by atomic mass is 16.5. The maximum atomic E-state index is 13.1. The Bertz CT molecular complexity index is 1090. The second kappa shape index (κ2) is 11.4. The lowest BCUT2D eigenvalue weighted by atomic mass is 10.2. The van der Waals surface area contributed by atoms with E-state index in [1.807, 2.05) is 62.6 Å². The van der Waals surface area contributed by atoms with E-state index in [9.17, 15) is 9.59 Å². The minimum atomic E-state index is -0.385. The Morgan fingerprint density at radius 1 is 1.21 bits per heavy atom. The molecule has 33 heavy (non-hydrogen) atoms. The monoisotopic (exact) mass is 457 g/mol. The van der Waals surface area contributed by atoms with Gasteiger partial charge in [-0.1, -0.05) is 44.2 Å². The van der Waals surface area contributed by atoms with E-state index in [-0.39, 0.29) is 27.3 Å². The van der Waals surface area contributed by atoms with E-state index < -0.39 is 0 Å². The molecule has 10 nitrogen and oxygen atoms in total. The number of aromatic nitrogens is 5. The number of amides is 2. The zero-order valence-electron chi connectivity index (χ0n) is 19.5. The highest BCUT2D eigenvalue weighted by Gasteiger charge is 2.27. The number of hydrogen-bond acceptors (Lipinski definition) is 6. The number of rotatable bonds is 7. The lowest BCUT2D eigenvalue weighted by molar-refractivity contribution is 0.0776. The van der Waals surface area contributed by atoms with Crippen LogP contribution in [0, 0.1) is 0 Å². The topological polar surface area (TPSA) is 116 Å². The van der Waals surface area contributed by atoms with Crippen molar-refractivity contribution in [3.8, 4) is 0 Å². The van der Waals surface area contributed by atoms with E-state index in [1.54, 1.807) is 10.7 Å². The Morgan fingerprint density at radius 2 is 1.97 bits per heavy atom. The van der Waals surface area contributed by atoms with Crippen molar-refractivity contribution in [3.05, 3.63) is 64.7 Å². The molecule has 2 aromatic heterocycles. The Morgan fingerprint density at radius 3 is 2.70 bits per heavy atom. The molecule has 1 aliphatic rings. The van der Waals surface area contributed by atoms with Gasteiger partial charge in [0.25, 0.3) is 11.8 Å². The molecule has 4 rings (SSSR count). The largest absolute Gasteiger partial charge is 0.373 e. The smallest absolute Gasteiger partial charge is 0.268 e. The molecule has 2 amide bonds. The van der Waals surface area contributed by atoms with Crippen molar-refractivity contribution in [2.24, 2.45) is 0 Å². The van der Waals surface area contributed by atoms with Gasteiger partial charge in [0.1, 0.15) is 5.69 Å². The van der Waals surface area contributed by atoms with Crippen LogP contribution in [0.15, 0.2) is 36.4 Å². The molecule has 0 aliphatic carbocycles. The molecule has 0 radical (unpaired) electrons. The van der Waals surface area contributed by atoms with Gasteiger partial charge in [-0.25, -0.2) is 4.68 Å². The summed E-state index contributed by atoms with van der Waals surface area (Å²) in [5, 5.41) is 17.5. The Kier molecular flexibility index (Phi) is 8.31. The van der Waals surface area contributed by atoms with Crippen LogP contribution in [0.4, 0.5) is 0 Å². The fourth-order valence-electron chi connectivity index (χ4n) is 3.66. The Hall–Kier alpha value is -3.53. The molecule has 0 spiro atoms. The van der Waals surface area contributed by atoms with E-state index in [4.69, 9.17) is 4.74 Å². The lowest BCUT2D eigenvalue weighted by Crippen LogP contribution is -2.32. The Labute approximate surface area is 196 Å². The fraction of sp³-hybridized carbons (Fsp3) is 0.435. The predicted molar refractivity (Wildman–Crippen MR) is 127 cm³/mol. The Balaban J connectivity index is 0.00000149. The van der Waals surface area contributed by atoms with Gasteiger partial charge in [-0.15, -0.1) is 5.10 Å². The number of benzene rings is 1. The van der Waals surface area contributed by atoms with E-state index in [0.717, 1.165) is 5.56 Å². The zero-order valence-corrected chi connectivity index (χ0v) is 19.5. The maximum Gasteiger partial charge on any atom is 0.268 e. The highest BCUT2D eigenvalue weighted by Crippen LogP contribution is 2.22. The van der Waals surface area contributed by atoms with Gasteiger partial charge in [0.15, 0.2) is 5.82 Å². The summed E-state index contributed by atoms with van der Waals surface area (Å²) in [6.07, 6.45) is 0. The number of carbonyl (C=O) groups excluding carboxylic acids is 2. The quantitative estimate of drug-likeness (QED) is 0.563. The van der Waals surface area contributed by atoms with Gasteiger partial charge in [0, 0.05) is 22.5 Å². The van der Waals surface area contributed by atoms with Crippen LogP contribution >= 0.6 is 0 Å². The van der Waals surface area contributed by atoms with Crippen LogP contribution in [0.3, 0.4) is 0 Å². The second-order valence-corrected chi connectivity index (χ2v) is 7.31. The minimum absolute atomic E-state index is 0. The molecule has 1 unspecified atom stereocenters. The van der Waals surface area contributed by atoms with Crippen molar-refractivity contribution in [2.75, 3.05) is 6.61 Å². The molecule has 3 aromatic rings. The molecule has 1 atom stereocenters. The molecule has 2 N–H and O–H groups in total. The summed E-state index contributed by atoms with van der Waals surface area (Å²) in [6.45, 7) is 10.0. The van der Waals surface area contributed by atoms with Crippen molar-refractivity contribution in [3.63, 3.8) is 0 Å². The number of nitrogens with zero attached hydrogens (tertiary/aromatic N) is 5. The van der Waals surface area contributed by atoms with Gasteiger partial charge >= 0.3 is 0 Å². The molecule has 0 fully saturated rings. The molecule has 0 bridgehead atoms. The van der Waals surface area contributed by atoms with E-state index in [1.165, 1.54) is 0 Å². The van der Waals surface area contributed by atoms with Crippen LogP contribution in [0.5, 0.6) is 0 Å². The highest BCUT2D eigenvalue weighted by molar-refractivity contribution is 6.00. The third-order valence-corrected chi connectivity index (χ3v) is 5.27. The summed E-state index contributed by atoms with van der Waals surface area (Å²) in [4.78, 5) is 25.9. The van der Waals surface area contributed by atoms with E-state index >= 15 is 0 Å². The van der Waals surface area contributed by atoms with Crippen molar-refractivity contribution >= 4 is 11.8 Å². The average molecular weight is 458 g/mol. The maximum absolute atomic E-state index is 13.1. The third-order valence-electron chi connectivity index (χ3n) is 5.27. The molecule has 0 saturated heterocycles. The normalized spacial score (nSPS) is 13.3. The van der Waals surface area contributed by atoms with Crippen LogP contribution < -0.4 is 10.6 Å². The summed E-state index contributed by atoms with van der Waals surface area (Å²) in [6, 6.07) is 10.9. The molecule has 1 aliphatic heterocycles. The summed E-state index contributed by atoms with van der Waals surface area (Å²) >= 11 is 0. The number of carbonyl (C=O) groups is 2. The van der Waals surface area contributed by atoms with Gasteiger partial charge < -0.3 is 19.9 Å². The van der Waals surface area contributed by atoms with Crippen molar-refractivity contribution < 1.29 is 17.2 Å². The lowest BCUT2D eigenvalue weighted by Gasteiger charge is -2.20. The number of hydrogen-bond donors (Lipinski definition) is 2. The molecule has 1 aromatic carbocycles. The zero-order chi connectivity index (χ0) is 23.8. The third kappa shape index (κ3) is 5.46. The summed E-state index contributed by atoms with van der Waals surface area (Å²) in [5.74, 6) is 0.0500. The molecule has 10 heteroatoms. The van der Waals surface area contributed by atoms with Crippen LogP contribution in [0.25, 0.3) is 0 Å². The first-order valence-electron chi connectivity index (χ1n) is 11.3. The average Bonchev–Trinajstić information content (AvgIpc) is 3.49. The van der Waals surface area contributed by atoms with E-state index in [0.29, 0.717) is 49.0 Å². The van der Waals surface area contributed by atoms with Gasteiger partial charge in [-0.3, -0.25) is 9.59 Å². The summed E-state index contributed by atoms with van der Waals surface area (Å²) in [5.41, 5.74) is 2.57. The van der Waals surface area contributed by atoms with Crippen LogP contribution in [-0.2, 0) is 31.0 Å². The standard InChI is InChI=1S/C21H25N7O3.C2H6.2H2/c1-3-28-19(24-25-26-28)14(2)23-21(30)17-11-16(18-13-31-10-9-27(17)18)20(29)22-12-15-7-5-4-6-8-15;1-2;;/h4-8,11,14H,3,9-10,12-13H2,1-2H3,(H,22,29)(H,23,30);1-2H3;2*1H. The van der Waals surface area contributed by atoms with Crippen molar-refractivity contribution in [1.29, 1.82) is 0 Å². The first-order chi connectivity index (χ1) is 16.1.